The van der Waals surface area contributed by atoms with Crippen molar-refractivity contribution in [1.29, 1.82) is 0 Å². The zero-order valence-electron chi connectivity index (χ0n) is 10.4. The Morgan fingerprint density at radius 3 is 2.71 bits per heavy atom. The van der Waals surface area contributed by atoms with Crippen molar-refractivity contribution < 1.29 is 0 Å². The molecule has 1 rings (SSSR count). The van der Waals surface area contributed by atoms with E-state index in [1.807, 2.05) is 18.2 Å². The van der Waals surface area contributed by atoms with Gasteiger partial charge >= 0.3 is 0 Å². The molecule has 0 saturated heterocycles. The van der Waals surface area contributed by atoms with E-state index in [2.05, 4.69) is 34.8 Å². The van der Waals surface area contributed by atoms with E-state index in [1.54, 1.807) is 0 Å². The Bertz CT molecular complexity index is 357. The molecule has 0 saturated carbocycles. The number of nitrogens with zero attached hydrogens (tertiary/aromatic N) is 1. The van der Waals surface area contributed by atoms with Gasteiger partial charge in [-0.2, -0.15) is 0 Å². The summed E-state index contributed by atoms with van der Waals surface area (Å²) in [5, 5.41) is 0.743. The molecule has 1 aromatic carbocycles. The molecular formula is C13H20BrClN2. The SMILES string of the molecule is CCCCN(C)C(CN)c1ccc(Cl)cc1Br. The molecule has 1 atom stereocenters. The number of halogens is 2. The standard InChI is InChI=1S/C13H20BrClN2/c1-3-4-7-17(2)13(9-16)11-6-5-10(15)8-12(11)14/h5-6,8,13H,3-4,7,9,16H2,1-2H3. The third kappa shape index (κ3) is 4.25. The van der Waals surface area contributed by atoms with Gasteiger partial charge in [-0.1, -0.05) is 46.9 Å². The number of hydrogen-bond donors (Lipinski definition) is 1. The zero-order chi connectivity index (χ0) is 12.8. The maximum Gasteiger partial charge on any atom is 0.0478 e. The third-order valence-corrected chi connectivity index (χ3v) is 3.86. The largest absolute Gasteiger partial charge is 0.329 e. The number of unbranched alkanes of at least 4 members (excludes halogenated alkanes) is 1. The lowest BCUT2D eigenvalue weighted by Crippen LogP contribution is -2.31. The maximum atomic E-state index is 5.95. The first-order chi connectivity index (χ1) is 8.10. The van der Waals surface area contributed by atoms with Crippen LogP contribution in [0.5, 0.6) is 0 Å². The lowest BCUT2D eigenvalue weighted by molar-refractivity contribution is 0.246. The molecule has 0 amide bonds. The molecule has 0 aromatic heterocycles. The minimum absolute atomic E-state index is 0.244. The van der Waals surface area contributed by atoms with Gasteiger partial charge in [0.25, 0.3) is 0 Å². The first kappa shape index (κ1) is 15.0. The molecular weight excluding hydrogens is 300 g/mol. The van der Waals surface area contributed by atoms with E-state index in [-0.39, 0.29) is 6.04 Å². The zero-order valence-corrected chi connectivity index (χ0v) is 12.8. The van der Waals surface area contributed by atoms with Gasteiger partial charge in [0.1, 0.15) is 0 Å². The summed E-state index contributed by atoms with van der Waals surface area (Å²) < 4.78 is 1.03. The van der Waals surface area contributed by atoms with Crippen molar-refractivity contribution in [3.63, 3.8) is 0 Å². The first-order valence-electron chi connectivity index (χ1n) is 5.95. The Kier molecular flexibility index (Phi) is 6.49. The highest BCUT2D eigenvalue weighted by Crippen LogP contribution is 2.29. The molecule has 4 heteroatoms. The van der Waals surface area contributed by atoms with Crippen LogP contribution >= 0.6 is 27.5 Å². The van der Waals surface area contributed by atoms with E-state index < -0.39 is 0 Å². The van der Waals surface area contributed by atoms with Gasteiger partial charge in [-0.25, -0.2) is 0 Å². The van der Waals surface area contributed by atoms with Crippen molar-refractivity contribution in [2.45, 2.75) is 25.8 Å². The summed E-state index contributed by atoms with van der Waals surface area (Å²) in [6, 6.07) is 6.13. The average molecular weight is 320 g/mol. The molecule has 96 valence electrons. The number of benzene rings is 1. The topological polar surface area (TPSA) is 29.3 Å². The van der Waals surface area contributed by atoms with Crippen molar-refractivity contribution in [2.75, 3.05) is 20.1 Å². The molecule has 0 aliphatic rings. The van der Waals surface area contributed by atoms with Crippen LogP contribution in [0.1, 0.15) is 31.4 Å². The van der Waals surface area contributed by atoms with Crippen LogP contribution in [0.15, 0.2) is 22.7 Å². The monoisotopic (exact) mass is 318 g/mol. The molecule has 2 N–H and O–H groups in total. The normalized spacial score (nSPS) is 13.1. The molecule has 0 aliphatic heterocycles. The van der Waals surface area contributed by atoms with Crippen LogP contribution in [0.25, 0.3) is 0 Å². The molecule has 2 nitrogen and oxygen atoms in total. The highest BCUT2D eigenvalue weighted by molar-refractivity contribution is 9.10. The second-order valence-corrected chi connectivity index (χ2v) is 5.54. The quantitative estimate of drug-likeness (QED) is 0.863. The number of hydrogen-bond acceptors (Lipinski definition) is 2. The molecule has 0 fully saturated rings. The predicted octanol–water partition coefficient (Wildman–Crippen LogP) is 3.83. The molecule has 0 bridgehead atoms. The second-order valence-electron chi connectivity index (χ2n) is 4.25. The molecule has 1 aromatic rings. The van der Waals surface area contributed by atoms with Gasteiger partial charge in [0.05, 0.1) is 0 Å². The average Bonchev–Trinajstić information content (AvgIpc) is 2.30. The Balaban J connectivity index is 2.85. The predicted molar refractivity (Wildman–Crippen MR) is 78.5 cm³/mol. The van der Waals surface area contributed by atoms with E-state index in [4.69, 9.17) is 17.3 Å². The Morgan fingerprint density at radius 1 is 1.47 bits per heavy atom. The lowest BCUT2D eigenvalue weighted by atomic mass is 10.1. The summed E-state index contributed by atoms with van der Waals surface area (Å²) >= 11 is 9.51. The fraction of sp³-hybridized carbons (Fsp3) is 0.538. The van der Waals surface area contributed by atoms with Gasteiger partial charge in [0.2, 0.25) is 0 Å². The highest BCUT2D eigenvalue weighted by atomic mass is 79.9. The number of nitrogens with two attached hydrogens (primary N) is 1. The summed E-state index contributed by atoms with van der Waals surface area (Å²) in [4.78, 5) is 2.30. The van der Waals surface area contributed by atoms with Crippen molar-refractivity contribution in [1.82, 2.24) is 4.90 Å². The van der Waals surface area contributed by atoms with Crippen LogP contribution in [0.2, 0.25) is 5.02 Å². The minimum atomic E-state index is 0.244. The Morgan fingerprint density at radius 2 is 2.18 bits per heavy atom. The molecule has 17 heavy (non-hydrogen) atoms. The maximum absolute atomic E-state index is 5.95. The van der Waals surface area contributed by atoms with Gasteiger partial charge in [-0.15, -0.1) is 0 Å². The van der Waals surface area contributed by atoms with Gasteiger partial charge in [-0.3, -0.25) is 4.90 Å². The van der Waals surface area contributed by atoms with Crippen molar-refractivity contribution in [3.05, 3.63) is 33.3 Å². The summed E-state index contributed by atoms with van der Waals surface area (Å²) in [6.45, 7) is 3.87. The summed E-state index contributed by atoms with van der Waals surface area (Å²) in [7, 11) is 2.12. The van der Waals surface area contributed by atoms with Crippen LogP contribution in [-0.4, -0.2) is 25.0 Å². The second kappa shape index (κ2) is 7.37. The van der Waals surface area contributed by atoms with Gasteiger partial charge in [0, 0.05) is 22.1 Å². The summed E-state index contributed by atoms with van der Waals surface area (Å²) in [6.07, 6.45) is 2.39. The lowest BCUT2D eigenvalue weighted by Gasteiger charge is -2.28. The van der Waals surface area contributed by atoms with E-state index in [0.717, 1.165) is 16.0 Å². The number of rotatable bonds is 6. The first-order valence-corrected chi connectivity index (χ1v) is 7.12. The van der Waals surface area contributed by atoms with Gasteiger partial charge < -0.3 is 5.73 Å². The van der Waals surface area contributed by atoms with Crippen molar-refractivity contribution >= 4 is 27.5 Å². The van der Waals surface area contributed by atoms with E-state index >= 15 is 0 Å². The molecule has 0 radical (unpaired) electrons. The molecule has 1 unspecified atom stereocenters. The number of likely N-dealkylation sites (N-methyl/N-ethyl adjacent to an activating group) is 1. The fourth-order valence-corrected chi connectivity index (χ4v) is 2.83. The van der Waals surface area contributed by atoms with E-state index in [9.17, 15) is 0 Å². The van der Waals surface area contributed by atoms with Gasteiger partial charge in [0.15, 0.2) is 0 Å². The smallest absolute Gasteiger partial charge is 0.0478 e. The van der Waals surface area contributed by atoms with Crippen LogP contribution in [0, 0.1) is 0 Å². The van der Waals surface area contributed by atoms with E-state index in [1.165, 1.54) is 18.4 Å². The van der Waals surface area contributed by atoms with Crippen LogP contribution in [-0.2, 0) is 0 Å². The summed E-state index contributed by atoms with van der Waals surface area (Å²) in [5.74, 6) is 0. The third-order valence-electron chi connectivity index (χ3n) is 2.94. The van der Waals surface area contributed by atoms with Crippen LogP contribution in [0.4, 0.5) is 0 Å². The summed E-state index contributed by atoms with van der Waals surface area (Å²) in [5.41, 5.74) is 7.09. The van der Waals surface area contributed by atoms with E-state index in [0.29, 0.717) is 6.54 Å². The van der Waals surface area contributed by atoms with Crippen LogP contribution in [0.3, 0.4) is 0 Å². The Labute approximate surface area is 117 Å². The fourth-order valence-electron chi connectivity index (χ4n) is 1.88. The molecule has 0 spiro atoms. The Hall–Kier alpha value is -0.0900. The van der Waals surface area contributed by atoms with Crippen LogP contribution < -0.4 is 5.73 Å². The molecule has 0 aliphatic carbocycles. The van der Waals surface area contributed by atoms with Gasteiger partial charge in [-0.05, 0) is 37.7 Å². The minimum Gasteiger partial charge on any atom is -0.329 e. The van der Waals surface area contributed by atoms with Crippen molar-refractivity contribution in [3.8, 4) is 0 Å². The van der Waals surface area contributed by atoms with Crippen molar-refractivity contribution in [2.24, 2.45) is 5.73 Å². The molecule has 0 heterocycles. The highest BCUT2D eigenvalue weighted by Gasteiger charge is 2.17.